The Morgan fingerprint density at radius 3 is 3.06 bits per heavy atom. The van der Waals surface area contributed by atoms with Crippen molar-refractivity contribution in [1.82, 2.24) is 10.2 Å². The van der Waals surface area contributed by atoms with E-state index in [0.29, 0.717) is 11.4 Å². The molecule has 1 fully saturated rings. The van der Waals surface area contributed by atoms with Crippen LogP contribution in [0.4, 0.5) is 0 Å². The van der Waals surface area contributed by atoms with E-state index in [0.717, 1.165) is 0 Å². The molecule has 1 aromatic heterocycles. The van der Waals surface area contributed by atoms with Crippen molar-refractivity contribution in [1.29, 1.82) is 5.26 Å². The number of nitriles is 1. The molecular formula is C10H9N3O2S. The average molecular weight is 235 g/mol. The fourth-order valence-corrected chi connectivity index (χ4v) is 1.92. The van der Waals surface area contributed by atoms with Crippen molar-refractivity contribution < 1.29 is 9.59 Å². The topological polar surface area (TPSA) is 73.0 Å². The second-order valence-electron chi connectivity index (χ2n) is 3.35. The first kappa shape index (κ1) is 10.6. The average Bonchev–Trinajstić information content (AvgIpc) is 2.89. The van der Waals surface area contributed by atoms with Crippen LogP contribution in [0.25, 0.3) is 0 Å². The molecule has 1 aromatic rings. The molecule has 1 aliphatic rings. The van der Waals surface area contributed by atoms with E-state index in [-0.39, 0.29) is 24.4 Å². The lowest BCUT2D eigenvalue weighted by Gasteiger charge is -2.03. The standard InChI is InChI=1S/C10H9N3O2S/c11-4-7-6-13(7)9(14)5-12-10(15)8-2-1-3-16-8/h1-3,7H,5-6H2,(H,12,15). The Bertz CT molecular complexity index is 449. The van der Waals surface area contributed by atoms with Gasteiger partial charge in [0.05, 0.1) is 24.0 Å². The monoisotopic (exact) mass is 235 g/mol. The van der Waals surface area contributed by atoms with Crippen LogP contribution in [-0.2, 0) is 4.79 Å². The van der Waals surface area contributed by atoms with Crippen LogP contribution in [0.3, 0.4) is 0 Å². The molecule has 2 heterocycles. The van der Waals surface area contributed by atoms with Gasteiger partial charge in [-0.3, -0.25) is 9.59 Å². The second-order valence-corrected chi connectivity index (χ2v) is 4.30. The van der Waals surface area contributed by atoms with Gasteiger partial charge in [-0.05, 0) is 11.4 Å². The lowest BCUT2D eigenvalue weighted by atomic mass is 10.4. The maximum Gasteiger partial charge on any atom is 0.261 e. The lowest BCUT2D eigenvalue weighted by Crippen LogP contribution is -2.32. The van der Waals surface area contributed by atoms with E-state index >= 15 is 0 Å². The van der Waals surface area contributed by atoms with E-state index in [9.17, 15) is 9.59 Å². The van der Waals surface area contributed by atoms with E-state index in [4.69, 9.17) is 5.26 Å². The number of hydrogen-bond donors (Lipinski definition) is 1. The third-order valence-electron chi connectivity index (χ3n) is 2.23. The largest absolute Gasteiger partial charge is 0.342 e. The van der Waals surface area contributed by atoms with Crippen molar-refractivity contribution in [2.75, 3.05) is 13.1 Å². The Labute approximate surface area is 96.3 Å². The second kappa shape index (κ2) is 4.33. The Morgan fingerprint density at radius 2 is 2.50 bits per heavy atom. The highest BCUT2D eigenvalue weighted by Gasteiger charge is 2.38. The van der Waals surface area contributed by atoms with Crippen LogP contribution in [-0.4, -0.2) is 35.8 Å². The first-order chi connectivity index (χ1) is 7.72. The number of nitrogens with one attached hydrogen (secondary N) is 1. The zero-order valence-electron chi connectivity index (χ0n) is 8.34. The van der Waals surface area contributed by atoms with Crippen LogP contribution in [0, 0.1) is 11.3 Å². The zero-order valence-corrected chi connectivity index (χ0v) is 9.16. The van der Waals surface area contributed by atoms with Gasteiger partial charge >= 0.3 is 0 Å². The van der Waals surface area contributed by atoms with Gasteiger partial charge in [-0.2, -0.15) is 5.26 Å². The maximum absolute atomic E-state index is 11.5. The van der Waals surface area contributed by atoms with E-state index in [2.05, 4.69) is 5.32 Å². The fourth-order valence-electron chi connectivity index (χ4n) is 1.28. The molecule has 82 valence electrons. The summed E-state index contributed by atoms with van der Waals surface area (Å²) in [6.07, 6.45) is 0. The number of amides is 2. The predicted molar refractivity (Wildman–Crippen MR) is 57.8 cm³/mol. The highest BCUT2D eigenvalue weighted by atomic mass is 32.1. The van der Waals surface area contributed by atoms with E-state index < -0.39 is 0 Å². The van der Waals surface area contributed by atoms with Gasteiger partial charge in [0, 0.05) is 0 Å². The first-order valence-electron chi connectivity index (χ1n) is 4.73. The van der Waals surface area contributed by atoms with Gasteiger partial charge in [0.25, 0.3) is 5.91 Å². The van der Waals surface area contributed by atoms with E-state index in [1.54, 1.807) is 17.5 Å². The summed E-state index contributed by atoms with van der Waals surface area (Å²) in [7, 11) is 0. The molecule has 0 spiro atoms. The summed E-state index contributed by atoms with van der Waals surface area (Å²) in [5, 5.41) is 12.8. The van der Waals surface area contributed by atoms with Crippen molar-refractivity contribution in [3.8, 4) is 6.07 Å². The predicted octanol–water partition coefficient (Wildman–Crippen LogP) is 0.212. The van der Waals surface area contributed by atoms with Gasteiger partial charge in [-0.1, -0.05) is 6.07 Å². The van der Waals surface area contributed by atoms with Crippen LogP contribution in [0.5, 0.6) is 0 Å². The van der Waals surface area contributed by atoms with Gasteiger partial charge in [-0.25, -0.2) is 0 Å². The Balaban J connectivity index is 1.78. The van der Waals surface area contributed by atoms with Crippen LogP contribution < -0.4 is 5.32 Å². The number of thiophene rings is 1. The van der Waals surface area contributed by atoms with Crippen molar-refractivity contribution >= 4 is 23.2 Å². The van der Waals surface area contributed by atoms with Crippen molar-refractivity contribution in [2.24, 2.45) is 0 Å². The maximum atomic E-state index is 11.5. The number of hydrogen-bond acceptors (Lipinski definition) is 4. The summed E-state index contributed by atoms with van der Waals surface area (Å²) in [4.78, 5) is 24.9. The molecule has 0 saturated carbocycles. The van der Waals surface area contributed by atoms with Crippen molar-refractivity contribution in [2.45, 2.75) is 6.04 Å². The third-order valence-corrected chi connectivity index (χ3v) is 3.10. The molecule has 0 radical (unpaired) electrons. The third kappa shape index (κ3) is 2.20. The summed E-state index contributed by atoms with van der Waals surface area (Å²) in [6.45, 7) is 0.430. The van der Waals surface area contributed by atoms with Crippen LogP contribution in [0.15, 0.2) is 17.5 Å². The molecule has 6 heteroatoms. The molecule has 0 bridgehead atoms. The minimum Gasteiger partial charge on any atom is -0.342 e. The molecule has 1 N–H and O–H groups in total. The molecule has 0 aromatic carbocycles. The van der Waals surface area contributed by atoms with Gasteiger partial charge in [0.1, 0.15) is 6.04 Å². The lowest BCUT2D eigenvalue weighted by molar-refractivity contribution is -0.124. The summed E-state index contributed by atoms with van der Waals surface area (Å²) in [5.74, 6) is -0.463. The highest BCUT2D eigenvalue weighted by Crippen LogP contribution is 2.15. The SMILES string of the molecule is N#CC1CN1C(=O)CNC(=O)c1cccs1. The Hall–Kier alpha value is -1.87. The first-order valence-corrected chi connectivity index (χ1v) is 5.61. The molecule has 1 aliphatic heterocycles. The summed E-state index contributed by atoms with van der Waals surface area (Å²) in [5.41, 5.74) is 0. The highest BCUT2D eigenvalue weighted by molar-refractivity contribution is 7.12. The van der Waals surface area contributed by atoms with Gasteiger partial charge in [0.15, 0.2) is 0 Å². The van der Waals surface area contributed by atoms with Gasteiger partial charge < -0.3 is 10.2 Å². The quantitative estimate of drug-likeness (QED) is 0.761. The van der Waals surface area contributed by atoms with E-state index in [1.165, 1.54) is 16.2 Å². The van der Waals surface area contributed by atoms with Gasteiger partial charge in [0.2, 0.25) is 5.91 Å². The molecule has 1 saturated heterocycles. The molecule has 5 nitrogen and oxygen atoms in total. The molecule has 2 rings (SSSR count). The fraction of sp³-hybridized carbons (Fsp3) is 0.300. The molecule has 1 unspecified atom stereocenters. The molecule has 16 heavy (non-hydrogen) atoms. The smallest absolute Gasteiger partial charge is 0.261 e. The van der Waals surface area contributed by atoms with Crippen LogP contribution in [0.2, 0.25) is 0 Å². The molecular weight excluding hydrogens is 226 g/mol. The molecule has 1 atom stereocenters. The van der Waals surface area contributed by atoms with Crippen LogP contribution >= 0.6 is 11.3 Å². The summed E-state index contributed by atoms with van der Waals surface area (Å²) in [6, 6.07) is 5.15. The van der Waals surface area contributed by atoms with Crippen molar-refractivity contribution in [3.63, 3.8) is 0 Å². The van der Waals surface area contributed by atoms with E-state index in [1.807, 2.05) is 6.07 Å². The number of carbonyl (C=O) groups excluding carboxylic acids is 2. The molecule has 2 amide bonds. The normalized spacial score (nSPS) is 17.7. The minimum absolute atomic E-state index is 0.0467. The Morgan fingerprint density at radius 1 is 1.69 bits per heavy atom. The number of nitrogens with zero attached hydrogens (tertiary/aromatic N) is 2. The number of carbonyl (C=O) groups is 2. The van der Waals surface area contributed by atoms with Crippen molar-refractivity contribution in [3.05, 3.63) is 22.4 Å². The van der Waals surface area contributed by atoms with Gasteiger partial charge in [-0.15, -0.1) is 11.3 Å². The van der Waals surface area contributed by atoms with Crippen LogP contribution in [0.1, 0.15) is 9.67 Å². The molecule has 0 aliphatic carbocycles. The summed E-state index contributed by atoms with van der Waals surface area (Å²) >= 11 is 1.32. The minimum atomic E-state index is -0.300. The number of rotatable bonds is 3. The summed E-state index contributed by atoms with van der Waals surface area (Å²) < 4.78 is 0. The Kier molecular flexibility index (Phi) is 2.88. The zero-order chi connectivity index (χ0) is 11.5.